The highest BCUT2D eigenvalue weighted by Gasteiger charge is 2.13. The van der Waals surface area contributed by atoms with Crippen LogP contribution in [0.5, 0.6) is 0 Å². The van der Waals surface area contributed by atoms with Crippen LogP contribution in [-0.4, -0.2) is 0 Å². The van der Waals surface area contributed by atoms with Gasteiger partial charge < -0.3 is 0 Å². The molecule has 0 radical (unpaired) electrons. The van der Waals surface area contributed by atoms with E-state index in [-0.39, 0.29) is 0 Å². The zero-order valence-electron chi connectivity index (χ0n) is 10.3. The van der Waals surface area contributed by atoms with Crippen molar-refractivity contribution >= 4 is 11.6 Å². The summed E-state index contributed by atoms with van der Waals surface area (Å²) in [5, 5.41) is 0. The van der Waals surface area contributed by atoms with E-state index in [1.807, 2.05) is 0 Å². The first-order valence-electron chi connectivity index (χ1n) is 6.09. The van der Waals surface area contributed by atoms with Gasteiger partial charge >= 0.3 is 0 Å². The minimum absolute atomic E-state index is 1.07. The second kappa shape index (κ2) is 3.89. The van der Waals surface area contributed by atoms with Crippen LogP contribution < -0.4 is 0 Å². The minimum Gasteiger partial charge on any atom is -0.0619 e. The van der Waals surface area contributed by atoms with Crippen LogP contribution in [0.4, 0.5) is 0 Å². The number of hydrogen-bond donors (Lipinski definition) is 0. The molecule has 1 aliphatic rings. The van der Waals surface area contributed by atoms with Crippen molar-refractivity contribution in [3.8, 4) is 0 Å². The number of hydrogen-bond acceptors (Lipinski definition) is 0. The molecule has 0 fully saturated rings. The molecule has 0 N–H and O–H groups in total. The van der Waals surface area contributed by atoms with Gasteiger partial charge in [-0.1, -0.05) is 59.7 Å². The Morgan fingerprint density at radius 1 is 0.882 bits per heavy atom. The van der Waals surface area contributed by atoms with Gasteiger partial charge in [-0.05, 0) is 42.5 Å². The highest BCUT2D eigenvalue weighted by molar-refractivity contribution is 5.88. The first kappa shape index (κ1) is 10.3. The Balaban J connectivity index is 2.03. The summed E-state index contributed by atoms with van der Waals surface area (Å²) in [6, 6.07) is 15.4. The zero-order valence-corrected chi connectivity index (χ0v) is 10.3. The summed E-state index contributed by atoms with van der Waals surface area (Å²) in [6.45, 7) is 4.33. The van der Waals surface area contributed by atoms with Crippen LogP contribution in [0.15, 0.2) is 42.5 Å². The third-order valence-electron chi connectivity index (χ3n) is 3.36. The van der Waals surface area contributed by atoms with Gasteiger partial charge in [-0.25, -0.2) is 0 Å². The van der Waals surface area contributed by atoms with Crippen LogP contribution in [0.25, 0.3) is 11.6 Å². The normalized spacial score (nSPS) is 13.4. The fourth-order valence-corrected chi connectivity index (χ4v) is 2.63. The monoisotopic (exact) mass is 220 g/mol. The van der Waals surface area contributed by atoms with E-state index in [2.05, 4.69) is 62.4 Å². The molecule has 0 bridgehead atoms. The smallest absolute Gasteiger partial charge is 0.00137 e. The summed E-state index contributed by atoms with van der Waals surface area (Å²) < 4.78 is 0. The number of benzene rings is 2. The van der Waals surface area contributed by atoms with Crippen molar-refractivity contribution in [1.82, 2.24) is 0 Å². The lowest BCUT2D eigenvalue weighted by Crippen LogP contribution is -1.88. The first-order chi connectivity index (χ1) is 8.22. The Morgan fingerprint density at radius 2 is 1.59 bits per heavy atom. The van der Waals surface area contributed by atoms with Gasteiger partial charge in [0.1, 0.15) is 0 Å². The van der Waals surface area contributed by atoms with E-state index in [0.29, 0.717) is 0 Å². The van der Waals surface area contributed by atoms with Crippen molar-refractivity contribution in [2.75, 3.05) is 0 Å². The Hall–Kier alpha value is -1.82. The maximum atomic E-state index is 2.32. The third-order valence-corrected chi connectivity index (χ3v) is 3.36. The quantitative estimate of drug-likeness (QED) is 0.668. The van der Waals surface area contributed by atoms with E-state index in [9.17, 15) is 0 Å². The second-order valence-electron chi connectivity index (χ2n) is 4.92. The molecule has 3 rings (SSSR count). The van der Waals surface area contributed by atoms with Gasteiger partial charge in [-0.2, -0.15) is 0 Å². The van der Waals surface area contributed by atoms with E-state index in [1.54, 1.807) is 0 Å². The minimum atomic E-state index is 1.07. The number of fused-ring (bicyclic) bond motifs is 1. The summed E-state index contributed by atoms with van der Waals surface area (Å²) in [6.07, 6.45) is 3.39. The maximum absolute atomic E-state index is 2.32. The summed E-state index contributed by atoms with van der Waals surface area (Å²) in [4.78, 5) is 0. The molecule has 0 saturated heterocycles. The van der Waals surface area contributed by atoms with Gasteiger partial charge in [0, 0.05) is 0 Å². The lowest BCUT2D eigenvalue weighted by molar-refractivity contribution is 1.29. The van der Waals surface area contributed by atoms with Crippen LogP contribution in [-0.2, 0) is 6.42 Å². The van der Waals surface area contributed by atoms with Gasteiger partial charge in [-0.3, -0.25) is 0 Å². The lowest BCUT2D eigenvalue weighted by Gasteiger charge is -2.05. The van der Waals surface area contributed by atoms with Crippen molar-refractivity contribution in [2.45, 2.75) is 20.3 Å². The predicted molar refractivity (Wildman–Crippen MR) is 73.9 cm³/mol. The molecule has 17 heavy (non-hydrogen) atoms. The summed E-state index contributed by atoms with van der Waals surface area (Å²) in [5.74, 6) is 0. The van der Waals surface area contributed by atoms with E-state index in [4.69, 9.17) is 0 Å². The zero-order chi connectivity index (χ0) is 11.8. The molecule has 1 aliphatic carbocycles. The molecule has 0 unspecified atom stereocenters. The predicted octanol–water partition coefficient (Wildman–Crippen LogP) is 4.40. The summed E-state index contributed by atoms with van der Waals surface area (Å²) in [7, 11) is 0. The fourth-order valence-electron chi connectivity index (χ4n) is 2.63. The summed E-state index contributed by atoms with van der Waals surface area (Å²) >= 11 is 0. The molecule has 0 nitrogen and oxygen atoms in total. The van der Waals surface area contributed by atoms with Crippen molar-refractivity contribution < 1.29 is 0 Å². The molecular formula is C17H16. The molecule has 0 saturated carbocycles. The van der Waals surface area contributed by atoms with Crippen LogP contribution in [0.1, 0.15) is 27.8 Å². The first-order valence-corrected chi connectivity index (χ1v) is 6.09. The van der Waals surface area contributed by atoms with E-state index >= 15 is 0 Å². The molecule has 0 heterocycles. The maximum Gasteiger partial charge on any atom is -0.00137 e. The second-order valence-corrected chi connectivity index (χ2v) is 4.92. The molecule has 84 valence electrons. The standard InChI is InChI=1S/C17H16/c1-12-7-13(2)9-16(8-12)17-10-14-5-3-4-6-15(14)11-17/h3-10H,11H2,1-2H3. The summed E-state index contributed by atoms with van der Waals surface area (Å²) in [5.41, 5.74) is 8.33. The molecule has 2 aromatic carbocycles. The fraction of sp³-hybridized carbons (Fsp3) is 0.176. The average Bonchev–Trinajstić information content (AvgIpc) is 2.71. The van der Waals surface area contributed by atoms with Crippen molar-refractivity contribution in [2.24, 2.45) is 0 Å². The topological polar surface area (TPSA) is 0 Å². The molecule has 2 aromatic rings. The Kier molecular flexibility index (Phi) is 2.36. The molecule has 0 amide bonds. The molecular weight excluding hydrogens is 204 g/mol. The van der Waals surface area contributed by atoms with E-state index in [0.717, 1.165) is 6.42 Å². The Morgan fingerprint density at radius 3 is 2.29 bits per heavy atom. The average molecular weight is 220 g/mol. The van der Waals surface area contributed by atoms with E-state index < -0.39 is 0 Å². The number of aryl methyl sites for hydroxylation is 2. The van der Waals surface area contributed by atoms with Crippen molar-refractivity contribution in [3.05, 3.63) is 70.3 Å². The highest BCUT2D eigenvalue weighted by atomic mass is 14.2. The third kappa shape index (κ3) is 1.91. The van der Waals surface area contributed by atoms with Gasteiger partial charge in [-0.15, -0.1) is 0 Å². The molecule has 0 spiro atoms. The Bertz CT molecular complexity index is 583. The van der Waals surface area contributed by atoms with Gasteiger partial charge in [0.05, 0.1) is 0 Å². The molecule has 0 aromatic heterocycles. The van der Waals surface area contributed by atoms with Crippen LogP contribution in [0.2, 0.25) is 0 Å². The van der Waals surface area contributed by atoms with Gasteiger partial charge in [0.25, 0.3) is 0 Å². The number of rotatable bonds is 1. The van der Waals surface area contributed by atoms with Gasteiger partial charge in [0.2, 0.25) is 0 Å². The van der Waals surface area contributed by atoms with Crippen molar-refractivity contribution in [3.63, 3.8) is 0 Å². The Labute approximate surface area is 103 Å². The van der Waals surface area contributed by atoms with Gasteiger partial charge in [0.15, 0.2) is 0 Å². The largest absolute Gasteiger partial charge is 0.0619 e. The highest BCUT2D eigenvalue weighted by Crippen LogP contribution is 2.31. The molecule has 0 atom stereocenters. The lowest BCUT2D eigenvalue weighted by atomic mass is 9.99. The molecule has 0 heteroatoms. The van der Waals surface area contributed by atoms with E-state index in [1.165, 1.54) is 33.4 Å². The van der Waals surface area contributed by atoms with Crippen molar-refractivity contribution in [1.29, 1.82) is 0 Å². The number of allylic oxidation sites excluding steroid dienone is 1. The van der Waals surface area contributed by atoms with Crippen LogP contribution >= 0.6 is 0 Å². The van der Waals surface area contributed by atoms with Crippen LogP contribution in [0.3, 0.4) is 0 Å². The van der Waals surface area contributed by atoms with Crippen LogP contribution in [0, 0.1) is 13.8 Å². The SMILES string of the molecule is Cc1cc(C)cc(C2=Cc3ccccc3C2)c1. The molecule has 0 aliphatic heterocycles.